The molecule has 10 rings (SSSR count). The lowest BCUT2D eigenvalue weighted by atomic mass is 9.99. The summed E-state index contributed by atoms with van der Waals surface area (Å²) in [7, 11) is 0. The lowest BCUT2D eigenvalue weighted by Crippen LogP contribution is -2.61. The van der Waals surface area contributed by atoms with Crippen molar-refractivity contribution in [1.82, 2.24) is 88.7 Å². The van der Waals surface area contributed by atoms with Gasteiger partial charge in [0.05, 0.1) is 6.04 Å². The van der Waals surface area contributed by atoms with Crippen LogP contribution >= 0.6 is 0 Å². The Kier molecular flexibility index (Phi) is 29.3. The zero-order valence-corrected chi connectivity index (χ0v) is 63.3. The fraction of sp³-hybridized carbons (Fsp3) is 0.329. The fourth-order valence-electron chi connectivity index (χ4n) is 13.9. The first kappa shape index (κ1) is 83.5. The molecule has 0 aliphatic rings. The minimum Gasteiger partial charge on any atom is -0.370 e. The molecule has 0 fully saturated rings. The van der Waals surface area contributed by atoms with Crippen molar-refractivity contribution >= 4 is 132 Å². The van der Waals surface area contributed by atoms with E-state index in [0.717, 1.165) is 21.8 Å². The maximum Gasteiger partial charge on any atom is 0.243 e. The number of amides is 9. The van der Waals surface area contributed by atoms with Crippen LogP contribution in [0, 0.1) is 21.6 Å². The number of primary amides is 1. The number of rotatable bonds is 43. The number of aromatic amines is 5. The van der Waals surface area contributed by atoms with Crippen LogP contribution in [0.1, 0.15) is 79.2 Å². The number of carbonyl (C=O) groups excluding carboxylic acids is 9. The lowest BCUT2D eigenvalue weighted by Gasteiger charge is -2.28. The van der Waals surface area contributed by atoms with Crippen LogP contribution in [0.5, 0.6) is 0 Å². The molecule has 0 saturated carbocycles. The van der Waals surface area contributed by atoms with Crippen LogP contribution in [0.25, 0.3) is 54.5 Å². The summed E-state index contributed by atoms with van der Waals surface area (Å²) in [6.45, 7) is 0.557. The van der Waals surface area contributed by atoms with Gasteiger partial charge in [0.15, 0.2) is 23.8 Å². The number of H-pyrrole nitrogens is 5. The number of nitrogens with two attached hydrogens (primary N) is 6. The van der Waals surface area contributed by atoms with E-state index in [4.69, 9.17) is 56.0 Å². The van der Waals surface area contributed by atoms with Crippen LogP contribution in [-0.4, -0.2) is 182 Å². The largest absolute Gasteiger partial charge is 0.370 e. The third kappa shape index (κ3) is 23.6. The summed E-state index contributed by atoms with van der Waals surface area (Å²) >= 11 is 0. The zero-order valence-electron chi connectivity index (χ0n) is 63.3. The Hall–Kier alpha value is -13.9. The number of aromatic nitrogens is 5. The van der Waals surface area contributed by atoms with Crippen LogP contribution < -0.4 is 98.2 Å². The Bertz CT molecular complexity index is 5140. The van der Waals surface area contributed by atoms with Gasteiger partial charge in [-0.15, -0.1) is 0 Å². The van der Waals surface area contributed by atoms with Gasteiger partial charge in [0.25, 0.3) is 0 Å². The zero-order chi connectivity index (χ0) is 82.1. The van der Waals surface area contributed by atoms with Crippen molar-refractivity contribution in [2.24, 2.45) is 34.4 Å². The Labute approximate surface area is 660 Å². The van der Waals surface area contributed by atoms with Crippen molar-refractivity contribution in [3.05, 3.63) is 180 Å². The lowest BCUT2D eigenvalue weighted by molar-refractivity contribution is -0.136. The van der Waals surface area contributed by atoms with Crippen molar-refractivity contribution in [3.8, 4) is 0 Å². The average Bonchev–Trinajstić information content (AvgIpc) is 1.79. The first-order chi connectivity index (χ1) is 55.3. The second kappa shape index (κ2) is 40.3. The van der Waals surface area contributed by atoms with Crippen LogP contribution in [0.3, 0.4) is 0 Å². The summed E-state index contributed by atoms with van der Waals surface area (Å²) in [5.41, 5.74) is 41.1. The number of para-hydroxylation sites is 5. The summed E-state index contributed by atoms with van der Waals surface area (Å²) in [5.74, 6) is -8.81. The van der Waals surface area contributed by atoms with E-state index in [9.17, 15) is 14.4 Å². The van der Waals surface area contributed by atoms with Crippen LogP contribution in [0.2, 0.25) is 0 Å². The van der Waals surface area contributed by atoms with E-state index in [2.05, 4.69) is 88.7 Å². The second-order valence-electron chi connectivity index (χ2n) is 28.2. The predicted octanol–water partition coefficient (Wildman–Crippen LogP) is 0.350. The topological polar surface area (TPSA) is 628 Å². The van der Waals surface area contributed by atoms with Gasteiger partial charge in [0.2, 0.25) is 53.2 Å². The first-order valence-corrected chi connectivity index (χ1v) is 37.9. The molecule has 5 aromatic heterocycles. The quantitative estimate of drug-likeness (QED) is 0.0139. The molecule has 10 aromatic rings. The monoisotopic (exact) mass is 1570 g/mol. The molecule has 0 radical (unpaired) electrons. The highest BCUT2D eigenvalue weighted by Gasteiger charge is 2.37. The van der Waals surface area contributed by atoms with Crippen LogP contribution in [0.4, 0.5) is 0 Å². The average molecular weight is 1570 g/mol. The predicted molar refractivity (Wildman–Crippen MR) is 439 cm³/mol. The van der Waals surface area contributed by atoms with E-state index in [1.165, 1.54) is 0 Å². The standard InChI is InChI=1S/C79H101N27O9/c80-53(20-11-29-90-76(82)83)68(108)102-62(33-43-38-94-54-21-6-1-15-48(43)54)72(112)100-60(27-13-31-92-78(86)87)70(110)104-65(36-46-41-97-57-24-9-4-18-51(46)57)74(114)106-66(37-47-42-98-58-25-10-5-19-52(47)58)75(115)105-64(35-45-40-96-56-23-8-3-17-50(45)56)73(113)101-61(28-14-32-93-79(88)89)69(109)103-63(34-44-39-95-55-22-7-2-16-49(44)55)71(111)99-59(67(81)107)26-12-30-91-77(84)85/h1-10,15-19,21-25,38-42,53,59-66,94-98H,11-14,20,26-37,80H2,(H2,81,107)(H,99,111)(H,100,112)(H,101,113)(H,102,108)(H,103,109)(H,104,110)(H,105,115)(H,106,114)(H4,82,83,90)(H4,84,85,91)(H4,86,87,92)(H4,88,89,93)/t53-,59-,60-,61-,62-,63-,64-,65-,66-/m0/s1. The van der Waals surface area contributed by atoms with Gasteiger partial charge in [-0.3, -0.25) is 64.8 Å². The number of hydrogen-bond acceptors (Lipinski definition) is 14. The van der Waals surface area contributed by atoms with Gasteiger partial charge in [0.1, 0.15) is 48.3 Å². The van der Waals surface area contributed by atoms with Crippen molar-refractivity contribution in [3.63, 3.8) is 0 Å². The van der Waals surface area contributed by atoms with Gasteiger partial charge in [-0.1, -0.05) is 91.0 Å². The Morgan fingerprint density at radius 1 is 0.278 bits per heavy atom. The van der Waals surface area contributed by atoms with Gasteiger partial charge < -0.3 is 123 Å². The summed E-state index contributed by atoms with van der Waals surface area (Å²) in [6.07, 6.45) is 8.34. The number of nitrogens with one attached hydrogen (secondary N) is 21. The molecule has 36 heteroatoms. The molecule has 0 aliphatic carbocycles. The molecule has 9 atom stereocenters. The molecule has 606 valence electrons. The molecule has 33 N–H and O–H groups in total. The van der Waals surface area contributed by atoms with Gasteiger partial charge >= 0.3 is 0 Å². The molecule has 5 aromatic carbocycles. The number of benzene rings is 5. The highest BCUT2D eigenvalue weighted by atomic mass is 16.2. The smallest absolute Gasteiger partial charge is 0.243 e. The molecule has 0 spiro atoms. The van der Waals surface area contributed by atoms with Crippen molar-refractivity contribution in [1.29, 1.82) is 21.6 Å². The molecule has 115 heavy (non-hydrogen) atoms. The minimum atomic E-state index is -1.57. The van der Waals surface area contributed by atoms with E-state index in [1.807, 2.05) is 97.1 Å². The maximum absolute atomic E-state index is 15.9. The number of hydrogen-bond donors (Lipinski definition) is 27. The third-order valence-corrected chi connectivity index (χ3v) is 19.9. The van der Waals surface area contributed by atoms with Gasteiger partial charge in [-0.05, 0) is 110 Å². The van der Waals surface area contributed by atoms with Crippen LogP contribution in [0.15, 0.2) is 152 Å². The van der Waals surface area contributed by atoms with E-state index in [1.54, 1.807) is 55.2 Å². The van der Waals surface area contributed by atoms with Crippen molar-refractivity contribution in [2.75, 3.05) is 26.2 Å². The Balaban J connectivity index is 0.978. The molecular weight excluding hydrogens is 1470 g/mol. The van der Waals surface area contributed by atoms with Crippen molar-refractivity contribution in [2.45, 2.75) is 138 Å². The summed E-state index contributed by atoms with van der Waals surface area (Å²) in [5, 5.41) is 68.0. The van der Waals surface area contributed by atoms with E-state index in [-0.39, 0.29) is 127 Å². The minimum absolute atomic E-state index is 0.0293. The molecule has 36 nitrogen and oxygen atoms in total. The normalized spacial score (nSPS) is 13.6. The van der Waals surface area contributed by atoms with E-state index in [0.29, 0.717) is 66.9 Å². The van der Waals surface area contributed by atoms with Gasteiger partial charge in [0, 0.05) is 144 Å². The molecular formula is C79H101N27O9. The number of carbonyl (C=O) groups is 9. The Morgan fingerprint density at radius 2 is 0.478 bits per heavy atom. The molecule has 0 aliphatic heterocycles. The fourth-order valence-corrected chi connectivity index (χ4v) is 13.9. The van der Waals surface area contributed by atoms with Gasteiger partial charge in [-0.2, -0.15) is 0 Å². The first-order valence-electron chi connectivity index (χ1n) is 37.9. The number of guanidine groups is 4. The van der Waals surface area contributed by atoms with Crippen LogP contribution in [-0.2, 0) is 75.3 Å². The SMILES string of the molecule is N=C(N)NCCC[C@H](NC(=O)[C@H](Cc1c[nH]c2ccccc12)NC(=O)[C@H](CCCNC(=N)N)NC(=O)[C@H](Cc1c[nH]c2ccccc12)NC(=O)[C@H](Cc1c[nH]c2ccccc12)NC(=O)[C@H](Cc1c[nH]c2ccccc12)NC(=O)[C@H](CCCNC(=N)N)NC(=O)[C@H](Cc1c[nH]c2ccccc12)NC(=O)[C@@H](N)CCCNC(=N)N)C(N)=O. The molecule has 0 unspecified atom stereocenters. The molecule has 0 bridgehead atoms. The van der Waals surface area contributed by atoms with Gasteiger partial charge in [-0.25, -0.2) is 0 Å². The van der Waals surface area contributed by atoms with Crippen molar-refractivity contribution < 1.29 is 43.2 Å². The van der Waals surface area contributed by atoms with E-state index < -0.39 is 108 Å². The summed E-state index contributed by atoms with van der Waals surface area (Å²) < 4.78 is 0. The molecule has 0 saturated heterocycles. The summed E-state index contributed by atoms with van der Waals surface area (Å²) in [6, 6.07) is 23.7. The maximum atomic E-state index is 15.9. The number of fused-ring (bicyclic) bond motifs is 5. The summed E-state index contributed by atoms with van der Waals surface area (Å²) in [4.78, 5) is 151. The Morgan fingerprint density at radius 3 is 0.722 bits per heavy atom. The second-order valence-corrected chi connectivity index (χ2v) is 28.2. The molecule has 5 heterocycles. The highest BCUT2D eigenvalue weighted by Crippen LogP contribution is 2.26. The third-order valence-electron chi connectivity index (χ3n) is 19.9. The van der Waals surface area contributed by atoms with E-state index >= 15 is 28.8 Å². The highest BCUT2D eigenvalue weighted by molar-refractivity contribution is 6.01. The molecule has 9 amide bonds.